The minimum Gasteiger partial charge on any atom is -0.352 e. The van der Waals surface area contributed by atoms with E-state index in [0.717, 1.165) is 0 Å². The first-order valence-electron chi connectivity index (χ1n) is 6.73. The van der Waals surface area contributed by atoms with Crippen LogP contribution in [0.5, 0.6) is 0 Å². The summed E-state index contributed by atoms with van der Waals surface area (Å²) in [4.78, 5) is 26.0. The minimum absolute atomic E-state index is 0.00494. The normalized spacial score (nSPS) is 21.6. The number of carbonyl (C=O) groups excluding carboxylic acids is 2. The second kappa shape index (κ2) is 5.23. The molecule has 2 rings (SSSR count). The second-order valence-corrected chi connectivity index (χ2v) is 5.59. The van der Waals surface area contributed by atoms with Crippen molar-refractivity contribution in [2.75, 3.05) is 6.54 Å². The van der Waals surface area contributed by atoms with E-state index in [1.165, 1.54) is 23.1 Å². The molecule has 1 aliphatic rings. The number of rotatable bonds is 3. The van der Waals surface area contributed by atoms with E-state index < -0.39 is 17.3 Å². The highest BCUT2D eigenvalue weighted by Crippen LogP contribution is 2.32. The first-order chi connectivity index (χ1) is 9.36. The maximum atomic E-state index is 13.7. The summed E-state index contributed by atoms with van der Waals surface area (Å²) in [5.74, 6) is -1.18. The summed E-state index contributed by atoms with van der Waals surface area (Å²) >= 11 is 0. The van der Waals surface area contributed by atoms with Gasteiger partial charge in [0.15, 0.2) is 0 Å². The quantitative estimate of drug-likeness (QED) is 0.918. The van der Waals surface area contributed by atoms with Gasteiger partial charge in [-0.15, -0.1) is 0 Å². The van der Waals surface area contributed by atoms with Crippen molar-refractivity contribution in [2.24, 2.45) is 0 Å². The Morgan fingerprint density at radius 3 is 2.50 bits per heavy atom. The Bertz CT molecular complexity index is 544. The highest BCUT2D eigenvalue weighted by atomic mass is 19.1. The van der Waals surface area contributed by atoms with E-state index in [-0.39, 0.29) is 17.5 Å². The number of nitrogens with one attached hydrogen (secondary N) is 1. The summed E-state index contributed by atoms with van der Waals surface area (Å²) in [7, 11) is 0. The largest absolute Gasteiger partial charge is 0.352 e. The fraction of sp³-hybridized carbons (Fsp3) is 0.467. The summed E-state index contributed by atoms with van der Waals surface area (Å²) in [6.45, 7) is 5.91. The smallest absolute Gasteiger partial charge is 0.257 e. The van der Waals surface area contributed by atoms with Gasteiger partial charge in [-0.3, -0.25) is 9.59 Å². The van der Waals surface area contributed by atoms with Crippen LogP contribution in [0, 0.1) is 5.82 Å². The average Bonchev–Trinajstić information content (AvgIpc) is 2.36. The number of hydrogen-bond acceptors (Lipinski definition) is 2. The third-order valence-corrected chi connectivity index (χ3v) is 3.68. The van der Waals surface area contributed by atoms with Crippen LogP contribution in [0.15, 0.2) is 24.3 Å². The standard InChI is InChI=1S/C15H19FN2O2/c1-10(2)17-14(20)15(3)8-9-18(15)13(19)11-6-4-5-7-12(11)16/h4-7,10H,8-9H2,1-3H3,(H,17,20). The minimum atomic E-state index is -0.885. The molecule has 1 saturated heterocycles. The number of carbonyl (C=O) groups is 2. The molecule has 1 heterocycles. The molecule has 0 aromatic heterocycles. The Labute approximate surface area is 118 Å². The van der Waals surface area contributed by atoms with Gasteiger partial charge < -0.3 is 10.2 Å². The molecule has 108 valence electrons. The number of benzene rings is 1. The van der Waals surface area contributed by atoms with E-state index in [1.807, 2.05) is 13.8 Å². The molecule has 0 spiro atoms. The van der Waals surface area contributed by atoms with Crippen LogP contribution in [0.4, 0.5) is 4.39 Å². The number of amides is 2. The zero-order chi connectivity index (χ0) is 14.9. The third-order valence-electron chi connectivity index (χ3n) is 3.68. The Morgan fingerprint density at radius 1 is 1.35 bits per heavy atom. The number of likely N-dealkylation sites (tertiary alicyclic amines) is 1. The molecule has 1 fully saturated rings. The van der Waals surface area contributed by atoms with Gasteiger partial charge in [0.25, 0.3) is 5.91 Å². The highest BCUT2D eigenvalue weighted by Gasteiger charge is 2.49. The molecule has 0 bridgehead atoms. The fourth-order valence-corrected chi connectivity index (χ4v) is 2.32. The van der Waals surface area contributed by atoms with Gasteiger partial charge in [-0.1, -0.05) is 12.1 Å². The van der Waals surface area contributed by atoms with Crippen LogP contribution in [0.2, 0.25) is 0 Å². The molecule has 1 atom stereocenters. The molecule has 0 aliphatic carbocycles. The SMILES string of the molecule is CC(C)NC(=O)C1(C)CCN1C(=O)c1ccccc1F. The number of hydrogen-bond donors (Lipinski definition) is 1. The maximum absolute atomic E-state index is 13.7. The van der Waals surface area contributed by atoms with Gasteiger partial charge in [0, 0.05) is 12.6 Å². The molecule has 0 saturated carbocycles. The predicted octanol–water partition coefficient (Wildman–Crippen LogP) is 1.95. The monoisotopic (exact) mass is 278 g/mol. The van der Waals surface area contributed by atoms with Crippen molar-refractivity contribution in [3.63, 3.8) is 0 Å². The molecule has 1 N–H and O–H groups in total. The molecule has 0 radical (unpaired) electrons. The van der Waals surface area contributed by atoms with Crippen LogP contribution in [-0.4, -0.2) is 34.8 Å². The third kappa shape index (κ3) is 2.40. The van der Waals surface area contributed by atoms with E-state index in [2.05, 4.69) is 5.32 Å². The number of halogens is 1. The molecular weight excluding hydrogens is 259 g/mol. The highest BCUT2D eigenvalue weighted by molar-refractivity contribution is 6.00. The topological polar surface area (TPSA) is 49.4 Å². The summed E-state index contributed by atoms with van der Waals surface area (Å²) in [5.41, 5.74) is -0.875. The van der Waals surface area contributed by atoms with E-state index in [1.54, 1.807) is 13.0 Å². The Kier molecular flexibility index (Phi) is 3.79. The van der Waals surface area contributed by atoms with Gasteiger partial charge in [-0.2, -0.15) is 0 Å². The molecule has 1 aromatic carbocycles. The Hall–Kier alpha value is -1.91. The predicted molar refractivity (Wildman–Crippen MR) is 73.7 cm³/mol. The zero-order valence-electron chi connectivity index (χ0n) is 11.9. The zero-order valence-corrected chi connectivity index (χ0v) is 11.9. The van der Waals surface area contributed by atoms with E-state index >= 15 is 0 Å². The lowest BCUT2D eigenvalue weighted by Crippen LogP contribution is -2.68. The molecule has 2 amide bonds. The van der Waals surface area contributed by atoms with Crippen molar-refractivity contribution in [3.05, 3.63) is 35.6 Å². The van der Waals surface area contributed by atoms with Gasteiger partial charge in [0.05, 0.1) is 5.56 Å². The van der Waals surface area contributed by atoms with Crippen LogP contribution < -0.4 is 5.32 Å². The van der Waals surface area contributed by atoms with Gasteiger partial charge in [-0.25, -0.2) is 4.39 Å². The maximum Gasteiger partial charge on any atom is 0.257 e. The van der Waals surface area contributed by atoms with E-state index in [4.69, 9.17) is 0 Å². The van der Waals surface area contributed by atoms with Crippen LogP contribution >= 0.6 is 0 Å². The number of nitrogens with zero attached hydrogens (tertiary/aromatic N) is 1. The molecular formula is C15H19FN2O2. The fourth-order valence-electron chi connectivity index (χ4n) is 2.32. The van der Waals surface area contributed by atoms with Crippen molar-refractivity contribution in [1.29, 1.82) is 0 Å². The summed E-state index contributed by atoms with van der Waals surface area (Å²) in [6, 6.07) is 5.84. The van der Waals surface area contributed by atoms with Crippen LogP contribution in [0.1, 0.15) is 37.6 Å². The first kappa shape index (κ1) is 14.5. The van der Waals surface area contributed by atoms with Gasteiger partial charge >= 0.3 is 0 Å². The molecule has 20 heavy (non-hydrogen) atoms. The van der Waals surface area contributed by atoms with E-state index in [0.29, 0.717) is 13.0 Å². The van der Waals surface area contributed by atoms with Crippen LogP contribution in [-0.2, 0) is 4.79 Å². The van der Waals surface area contributed by atoms with Crippen molar-refractivity contribution < 1.29 is 14.0 Å². The first-order valence-corrected chi connectivity index (χ1v) is 6.73. The van der Waals surface area contributed by atoms with Crippen LogP contribution in [0.3, 0.4) is 0 Å². The summed E-state index contributed by atoms with van der Waals surface area (Å²) in [5, 5.41) is 2.81. The molecule has 5 heteroatoms. The summed E-state index contributed by atoms with van der Waals surface area (Å²) in [6.07, 6.45) is 0.589. The van der Waals surface area contributed by atoms with Crippen LogP contribution in [0.25, 0.3) is 0 Å². The molecule has 1 aromatic rings. The molecule has 4 nitrogen and oxygen atoms in total. The van der Waals surface area contributed by atoms with Crippen molar-refractivity contribution >= 4 is 11.8 Å². The molecule has 1 aliphatic heterocycles. The average molecular weight is 278 g/mol. The second-order valence-electron chi connectivity index (χ2n) is 5.59. The van der Waals surface area contributed by atoms with Crippen molar-refractivity contribution in [3.8, 4) is 0 Å². The lowest BCUT2D eigenvalue weighted by Gasteiger charge is -2.49. The van der Waals surface area contributed by atoms with Crippen molar-refractivity contribution in [2.45, 2.75) is 38.8 Å². The lowest BCUT2D eigenvalue weighted by molar-refractivity contribution is -0.138. The Balaban J connectivity index is 2.20. The molecule has 1 unspecified atom stereocenters. The summed E-state index contributed by atoms with van der Waals surface area (Å²) < 4.78 is 13.7. The van der Waals surface area contributed by atoms with Gasteiger partial charge in [-0.05, 0) is 39.3 Å². The Morgan fingerprint density at radius 2 is 2.00 bits per heavy atom. The lowest BCUT2D eigenvalue weighted by atomic mass is 9.84. The van der Waals surface area contributed by atoms with Gasteiger partial charge in [0.1, 0.15) is 11.4 Å². The van der Waals surface area contributed by atoms with Crippen molar-refractivity contribution in [1.82, 2.24) is 10.2 Å². The van der Waals surface area contributed by atoms with Gasteiger partial charge in [0.2, 0.25) is 5.91 Å². The van der Waals surface area contributed by atoms with E-state index in [9.17, 15) is 14.0 Å².